The van der Waals surface area contributed by atoms with Gasteiger partial charge in [-0.05, 0) is 36.2 Å². The molecule has 1 aromatic heterocycles. The minimum Gasteiger partial charge on any atom is -0.326 e. The molecule has 2 N–H and O–H groups in total. The fourth-order valence-corrected chi connectivity index (χ4v) is 2.43. The van der Waals surface area contributed by atoms with Crippen molar-refractivity contribution in [2.45, 2.75) is 19.3 Å². The number of carbonyl (C=O) groups excluding carboxylic acids is 2. The van der Waals surface area contributed by atoms with Gasteiger partial charge in [0.15, 0.2) is 0 Å². The number of carbonyl (C=O) groups is 2. The summed E-state index contributed by atoms with van der Waals surface area (Å²) in [7, 11) is 0. The van der Waals surface area contributed by atoms with Crippen molar-refractivity contribution in [1.29, 1.82) is 0 Å². The fourth-order valence-electron chi connectivity index (χ4n) is 2.43. The van der Waals surface area contributed by atoms with E-state index < -0.39 is 11.7 Å². The molecule has 2 heterocycles. The quantitative estimate of drug-likeness (QED) is 0.895. The van der Waals surface area contributed by atoms with Crippen molar-refractivity contribution in [2.24, 2.45) is 0 Å². The van der Waals surface area contributed by atoms with Crippen molar-refractivity contribution in [3.63, 3.8) is 0 Å². The van der Waals surface area contributed by atoms with E-state index in [9.17, 15) is 14.0 Å². The maximum atomic E-state index is 13.3. The summed E-state index contributed by atoms with van der Waals surface area (Å²) in [5.41, 5.74) is 1.93. The summed E-state index contributed by atoms with van der Waals surface area (Å²) in [4.78, 5) is 28.3. The van der Waals surface area contributed by atoms with Crippen molar-refractivity contribution >= 4 is 23.3 Å². The van der Waals surface area contributed by atoms with Crippen molar-refractivity contribution in [3.8, 4) is 0 Å². The Hall–Kier alpha value is -2.76. The minimum atomic E-state index is -0.660. The number of halogens is 1. The van der Waals surface area contributed by atoms with Crippen molar-refractivity contribution in [1.82, 2.24) is 4.98 Å². The Labute approximate surface area is 126 Å². The fraction of sp³-hybridized carbons (Fsp3) is 0.188. The molecule has 3 rings (SSSR count). The summed E-state index contributed by atoms with van der Waals surface area (Å²) in [5, 5.41) is 5.27. The van der Waals surface area contributed by atoms with E-state index in [0.29, 0.717) is 17.1 Å². The number of pyridine rings is 1. The van der Waals surface area contributed by atoms with E-state index in [1.807, 2.05) is 13.0 Å². The average molecular weight is 299 g/mol. The predicted octanol–water partition coefficient (Wildman–Crippen LogP) is 2.59. The number of fused-ring (bicyclic) bond motifs is 1. The normalized spacial score (nSPS) is 16.6. The number of benzene rings is 1. The van der Waals surface area contributed by atoms with Gasteiger partial charge in [0.25, 0.3) is 0 Å². The monoisotopic (exact) mass is 299 g/mol. The van der Waals surface area contributed by atoms with Crippen LogP contribution in [0.5, 0.6) is 0 Å². The number of aromatic nitrogens is 1. The summed E-state index contributed by atoms with van der Waals surface area (Å²) < 4.78 is 13.3. The summed E-state index contributed by atoms with van der Waals surface area (Å²) in [6.45, 7) is 1.90. The number of hydrogen-bond acceptors (Lipinski definition) is 3. The SMILES string of the molecule is Cc1ccc(NC(=O)[C@@H]2CC(=O)Nc3cc(F)ccc32)nc1. The van der Waals surface area contributed by atoms with E-state index in [-0.39, 0.29) is 18.2 Å². The molecule has 0 saturated carbocycles. The van der Waals surface area contributed by atoms with Crippen LogP contribution in [-0.2, 0) is 9.59 Å². The van der Waals surface area contributed by atoms with E-state index in [4.69, 9.17) is 0 Å². The zero-order valence-electron chi connectivity index (χ0n) is 11.9. The van der Waals surface area contributed by atoms with Gasteiger partial charge in [0.05, 0.1) is 5.92 Å². The maximum absolute atomic E-state index is 13.3. The first kappa shape index (κ1) is 14.2. The molecule has 0 bridgehead atoms. The highest BCUT2D eigenvalue weighted by molar-refractivity contribution is 6.04. The van der Waals surface area contributed by atoms with Gasteiger partial charge in [-0.25, -0.2) is 9.37 Å². The molecule has 112 valence electrons. The molecular formula is C16H14FN3O2. The van der Waals surface area contributed by atoms with Crippen LogP contribution in [0.15, 0.2) is 36.5 Å². The highest BCUT2D eigenvalue weighted by Crippen LogP contribution is 2.33. The number of amides is 2. The number of aryl methyl sites for hydroxylation is 1. The van der Waals surface area contributed by atoms with Crippen LogP contribution in [0.4, 0.5) is 15.9 Å². The standard InChI is InChI=1S/C16H14FN3O2/c1-9-2-5-14(18-8-9)20-16(22)12-7-15(21)19-13-6-10(17)3-4-11(12)13/h2-6,8,12H,7H2,1H3,(H,19,21)(H,18,20,22)/t12-/m1/s1. The Balaban J connectivity index is 1.86. The third-order valence-corrected chi connectivity index (χ3v) is 3.53. The maximum Gasteiger partial charge on any atom is 0.233 e. The Kier molecular flexibility index (Phi) is 3.58. The lowest BCUT2D eigenvalue weighted by Crippen LogP contribution is -2.31. The molecule has 0 spiro atoms. The molecule has 5 nitrogen and oxygen atoms in total. The van der Waals surface area contributed by atoms with Gasteiger partial charge in [-0.3, -0.25) is 9.59 Å². The first-order valence-corrected chi connectivity index (χ1v) is 6.86. The van der Waals surface area contributed by atoms with Crippen molar-refractivity contribution < 1.29 is 14.0 Å². The van der Waals surface area contributed by atoms with Crippen LogP contribution in [0.3, 0.4) is 0 Å². The van der Waals surface area contributed by atoms with Crippen LogP contribution in [0.2, 0.25) is 0 Å². The van der Waals surface area contributed by atoms with E-state index >= 15 is 0 Å². The summed E-state index contributed by atoms with van der Waals surface area (Å²) in [6.07, 6.45) is 1.67. The van der Waals surface area contributed by atoms with E-state index in [0.717, 1.165) is 5.56 Å². The lowest BCUT2D eigenvalue weighted by molar-refractivity contribution is -0.123. The molecule has 1 aromatic carbocycles. The second-order valence-corrected chi connectivity index (χ2v) is 5.25. The first-order chi connectivity index (χ1) is 10.5. The van der Waals surface area contributed by atoms with Gasteiger partial charge in [-0.15, -0.1) is 0 Å². The third-order valence-electron chi connectivity index (χ3n) is 3.53. The zero-order chi connectivity index (χ0) is 15.7. The lowest BCUT2D eigenvalue weighted by Gasteiger charge is -2.24. The number of anilines is 2. The molecule has 1 aliphatic heterocycles. The highest BCUT2D eigenvalue weighted by atomic mass is 19.1. The molecule has 0 saturated heterocycles. The Bertz CT molecular complexity index is 744. The van der Waals surface area contributed by atoms with Gasteiger partial charge in [0.1, 0.15) is 11.6 Å². The van der Waals surface area contributed by atoms with Gasteiger partial charge < -0.3 is 10.6 Å². The topological polar surface area (TPSA) is 71.1 Å². The Morgan fingerprint density at radius 3 is 2.91 bits per heavy atom. The molecule has 22 heavy (non-hydrogen) atoms. The summed E-state index contributed by atoms with van der Waals surface area (Å²) in [5.74, 6) is -1.34. The smallest absolute Gasteiger partial charge is 0.233 e. The van der Waals surface area contributed by atoms with Crippen LogP contribution < -0.4 is 10.6 Å². The predicted molar refractivity (Wildman–Crippen MR) is 80.0 cm³/mol. The number of rotatable bonds is 2. The van der Waals surface area contributed by atoms with Gasteiger partial charge in [0, 0.05) is 18.3 Å². The van der Waals surface area contributed by atoms with Crippen LogP contribution in [0, 0.1) is 12.7 Å². The number of hydrogen-bond donors (Lipinski definition) is 2. The highest BCUT2D eigenvalue weighted by Gasteiger charge is 2.31. The summed E-state index contributed by atoms with van der Waals surface area (Å²) >= 11 is 0. The number of nitrogens with one attached hydrogen (secondary N) is 2. The summed E-state index contributed by atoms with van der Waals surface area (Å²) in [6, 6.07) is 7.55. The van der Waals surface area contributed by atoms with E-state index in [1.54, 1.807) is 12.3 Å². The molecule has 0 radical (unpaired) electrons. The molecule has 2 aromatic rings. The van der Waals surface area contributed by atoms with Crippen molar-refractivity contribution in [3.05, 3.63) is 53.5 Å². The van der Waals surface area contributed by atoms with Crippen LogP contribution in [-0.4, -0.2) is 16.8 Å². The molecule has 0 unspecified atom stereocenters. The van der Waals surface area contributed by atoms with Crippen LogP contribution in [0.25, 0.3) is 0 Å². The van der Waals surface area contributed by atoms with Crippen LogP contribution in [0.1, 0.15) is 23.5 Å². The van der Waals surface area contributed by atoms with E-state index in [1.165, 1.54) is 18.2 Å². The van der Waals surface area contributed by atoms with Gasteiger partial charge in [-0.1, -0.05) is 12.1 Å². The molecule has 1 atom stereocenters. The number of nitrogens with zero attached hydrogens (tertiary/aromatic N) is 1. The van der Waals surface area contributed by atoms with Crippen molar-refractivity contribution in [2.75, 3.05) is 10.6 Å². The zero-order valence-corrected chi connectivity index (χ0v) is 11.9. The lowest BCUT2D eigenvalue weighted by atomic mass is 9.89. The van der Waals surface area contributed by atoms with Crippen LogP contribution >= 0.6 is 0 Å². The molecule has 6 heteroatoms. The first-order valence-electron chi connectivity index (χ1n) is 6.86. The minimum absolute atomic E-state index is 0.0241. The Morgan fingerprint density at radius 2 is 2.18 bits per heavy atom. The molecule has 0 fully saturated rings. The van der Waals surface area contributed by atoms with Gasteiger partial charge in [0.2, 0.25) is 11.8 Å². The van der Waals surface area contributed by atoms with E-state index in [2.05, 4.69) is 15.6 Å². The second kappa shape index (κ2) is 5.55. The second-order valence-electron chi connectivity index (χ2n) is 5.25. The molecule has 0 aliphatic carbocycles. The Morgan fingerprint density at radius 1 is 1.36 bits per heavy atom. The molecule has 2 amide bonds. The van der Waals surface area contributed by atoms with Gasteiger partial charge in [-0.2, -0.15) is 0 Å². The third kappa shape index (κ3) is 2.81. The van der Waals surface area contributed by atoms with Gasteiger partial charge >= 0.3 is 0 Å². The molecular weight excluding hydrogens is 285 g/mol. The average Bonchev–Trinajstić information content (AvgIpc) is 2.48. The molecule has 1 aliphatic rings. The largest absolute Gasteiger partial charge is 0.326 e.